The fourth-order valence-corrected chi connectivity index (χ4v) is 2.42. The molecule has 2 heterocycles. The molecule has 3 rings (SSSR count). The standard InChI is InChI=1S/C12H7F2N3OS/c13-5-1-6-10(8(14)2-5)16-3-7(11(6)18)9-4-19-12(15)17-9/h1-4H,(H2,15,17)(H,16,18). The first-order valence-corrected chi connectivity index (χ1v) is 6.16. The summed E-state index contributed by atoms with van der Waals surface area (Å²) in [6.07, 6.45) is 1.35. The average Bonchev–Trinajstić information content (AvgIpc) is 2.77. The van der Waals surface area contributed by atoms with Crippen LogP contribution < -0.4 is 11.2 Å². The first-order chi connectivity index (χ1) is 9.06. The number of nitrogens with two attached hydrogens (primary N) is 1. The first-order valence-electron chi connectivity index (χ1n) is 5.28. The van der Waals surface area contributed by atoms with Gasteiger partial charge >= 0.3 is 0 Å². The Kier molecular flexibility index (Phi) is 2.56. The number of nitrogens with one attached hydrogen (secondary N) is 1. The Morgan fingerprint density at radius 3 is 2.79 bits per heavy atom. The lowest BCUT2D eigenvalue weighted by molar-refractivity contribution is 0.590. The van der Waals surface area contributed by atoms with Crippen molar-refractivity contribution in [2.75, 3.05) is 5.73 Å². The van der Waals surface area contributed by atoms with Gasteiger partial charge in [0.15, 0.2) is 10.6 Å². The summed E-state index contributed by atoms with van der Waals surface area (Å²) in [6.45, 7) is 0. The predicted octanol–water partition coefficient (Wildman–Crippen LogP) is 2.51. The third kappa shape index (κ3) is 1.88. The molecule has 0 spiro atoms. The van der Waals surface area contributed by atoms with E-state index in [9.17, 15) is 13.6 Å². The maximum Gasteiger partial charge on any atom is 0.199 e. The van der Waals surface area contributed by atoms with Crippen molar-refractivity contribution < 1.29 is 8.78 Å². The Labute approximate surface area is 109 Å². The zero-order valence-corrected chi connectivity index (χ0v) is 10.2. The molecule has 3 aromatic rings. The van der Waals surface area contributed by atoms with E-state index in [0.29, 0.717) is 10.8 Å². The van der Waals surface area contributed by atoms with E-state index in [1.165, 1.54) is 17.5 Å². The Morgan fingerprint density at radius 1 is 1.32 bits per heavy atom. The van der Waals surface area contributed by atoms with Gasteiger partial charge in [-0.25, -0.2) is 13.8 Å². The molecule has 19 heavy (non-hydrogen) atoms. The number of anilines is 1. The van der Waals surface area contributed by atoms with Crippen molar-refractivity contribution in [2.45, 2.75) is 0 Å². The summed E-state index contributed by atoms with van der Waals surface area (Å²) in [4.78, 5) is 18.8. The van der Waals surface area contributed by atoms with Crippen molar-refractivity contribution in [1.82, 2.24) is 9.97 Å². The number of rotatable bonds is 1. The summed E-state index contributed by atoms with van der Waals surface area (Å²) in [5.74, 6) is -1.61. The largest absolute Gasteiger partial charge is 0.375 e. The number of hydrogen-bond acceptors (Lipinski definition) is 4. The topological polar surface area (TPSA) is 71.8 Å². The number of pyridine rings is 1. The molecule has 0 saturated carbocycles. The number of hydrogen-bond donors (Lipinski definition) is 2. The smallest absolute Gasteiger partial charge is 0.199 e. The van der Waals surface area contributed by atoms with Crippen molar-refractivity contribution >= 4 is 27.4 Å². The molecule has 0 aliphatic rings. The van der Waals surface area contributed by atoms with Crippen molar-refractivity contribution in [3.63, 3.8) is 0 Å². The molecule has 3 N–H and O–H groups in total. The summed E-state index contributed by atoms with van der Waals surface area (Å²) in [6, 6.07) is 1.72. The Balaban J connectivity index is 2.35. The predicted molar refractivity (Wildman–Crippen MR) is 70.0 cm³/mol. The number of fused-ring (bicyclic) bond motifs is 1. The summed E-state index contributed by atoms with van der Waals surface area (Å²) in [7, 11) is 0. The maximum atomic E-state index is 13.5. The molecule has 96 valence electrons. The van der Waals surface area contributed by atoms with E-state index >= 15 is 0 Å². The molecule has 0 atom stereocenters. The van der Waals surface area contributed by atoms with Crippen LogP contribution in [0.3, 0.4) is 0 Å². The van der Waals surface area contributed by atoms with Gasteiger partial charge in [-0.15, -0.1) is 11.3 Å². The molecule has 7 heteroatoms. The lowest BCUT2D eigenvalue weighted by Crippen LogP contribution is -2.08. The van der Waals surface area contributed by atoms with E-state index in [1.807, 2.05) is 0 Å². The van der Waals surface area contributed by atoms with Gasteiger partial charge in [-0.05, 0) is 6.07 Å². The molecule has 0 aliphatic heterocycles. The average molecular weight is 279 g/mol. The minimum atomic E-state index is -0.809. The van der Waals surface area contributed by atoms with Crippen LogP contribution in [0.1, 0.15) is 0 Å². The lowest BCUT2D eigenvalue weighted by atomic mass is 10.1. The Hall–Kier alpha value is -2.28. The van der Waals surface area contributed by atoms with Crippen LogP contribution in [0.4, 0.5) is 13.9 Å². The van der Waals surface area contributed by atoms with E-state index < -0.39 is 17.1 Å². The van der Waals surface area contributed by atoms with Gasteiger partial charge in [-0.2, -0.15) is 0 Å². The van der Waals surface area contributed by atoms with Crippen LogP contribution in [0.15, 0.2) is 28.5 Å². The zero-order chi connectivity index (χ0) is 13.6. The molecule has 0 unspecified atom stereocenters. The second kappa shape index (κ2) is 4.13. The van der Waals surface area contributed by atoms with Gasteiger partial charge in [0, 0.05) is 17.6 Å². The Morgan fingerprint density at radius 2 is 2.11 bits per heavy atom. The van der Waals surface area contributed by atoms with Gasteiger partial charge in [0.05, 0.1) is 22.2 Å². The molecule has 2 aromatic heterocycles. The van der Waals surface area contributed by atoms with Crippen LogP contribution in [-0.4, -0.2) is 9.97 Å². The number of nitrogens with zero attached hydrogens (tertiary/aromatic N) is 1. The molecule has 0 radical (unpaired) electrons. The Bertz CT molecular complexity index is 841. The highest BCUT2D eigenvalue weighted by atomic mass is 32.1. The van der Waals surface area contributed by atoms with Gasteiger partial charge in [0.1, 0.15) is 11.6 Å². The molecular weight excluding hydrogens is 272 g/mol. The molecule has 0 saturated heterocycles. The van der Waals surface area contributed by atoms with Crippen LogP contribution in [0.25, 0.3) is 22.2 Å². The maximum absolute atomic E-state index is 13.5. The number of aromatic nitrogens is 2. The molecular formula is C12H7F2N3OS. The molecule has 1 aromatic carbocycles. The van der Waals surface area contributed by atoms with Gasteiger partial charge < -0.3 is 10.7 Å². The monoisotopic (exact) mass is 279 g/mol. The highest BCUT2D eigenvalue weighted by molar-refractivity contribution is 7.13. The van der Waals surface area contributed by atoms with E-state index in [-0.39, 0.29) is 16.5 Å². The summed E-state index contributed by atoms with van der Waals surface area (Å²) in [5.41, 5.74) is 5.60. The molecule has 4 nitrogen and oxygen atoms in total. The number of aromatic amines is 1. The molecule has 0 amide bonds. The normalized spacial score (nSPS) is 11.1. The zero-order valence-electron chi connectivity index (χ0n) is 9.41. The van der Waals surface area contributed by atoms with E-state index in [1.54, 1.807) is 5.38 Å². The lowest BCUT2D eigenvalue weighted by Gasteiger charge is -2.02. The third-order valence-corrected chi connectivity index (χ3v) is 3.38. The highest BCUT2D eigenvalue weighted by Crippen LogP contribution is 2.22. The number of H-pyrrole nitrogens is 1. The van der Waals surface area contributed by atoms with Crippen molar-refractivity contribution in [1.29, 1.82) is 0 Å². The van der Waals surface area contributed by atoms with Gasteiger partial charge in [0.25, 0.3) is 0 Å². The van der Waals surface area contributed by atoms with Crippen molar-refractivity contribution in [3.05, 3.63) is 45.6 Å². The fourth-order valence-electron chi connectivity index (χ4n) is 1.86. The SMILES string of the molecule is Nc1nc(-c2c[nH]c3c(F)cc(F)cc3c2=O)cs1. The van der Waals surface area contributed by atoms with Crippen LogP contribution in [0.5, 0.6) is 0 Å². The van der Waals surface area contributed by atoms with Gasteiger partial charge in [-0.3, -0.25) is 4.79 Å². The first kappa shape index (κ1) is 11.8. The van der Waals surface area contributed by atoms with Crippen LogP contribution in [-0.2, 0) is 0 Å². The number of benzene rings is 1. The van der Waals surface area contributed by atoms with E-state index in [2.05, 4.69) is 9.97 Å². The highest BCUT2D eigenvalue weighted by Gasteiger charge is 2.13. The van der Waals surface area contributed by atoms with E-state index in [0.717, 1.165) is 12.1 Å². The fraction of sp³-hybridized carbons (Fsp3) is 0. The van der Waals surface area contributed by atoms with Crippen LogP contribution in [0, 0.1) is 11.6 Å². The quantitative estimate of drug-likeness (QED) is 0.719. The summed E-state index contributed by atoms with van der Waals surface area (Å²) in [5, 5.41) is 1.88. The van der Waals surface area contributed by atoms with Crippen molar-refractivity contribution in [3.8, 4) is 11.3 Å². The second-order valence-electron chi connectivity index (χ2n) is 3.91. The van der Waals surface area contributed by atoms with Gasteiger partial charge in [-0.1, -0.05) is 0 Å². The third-order valence-electron chi connectivity index (χ3n) is 2.70. The number of nitrogen functional groups attached to an aromatic ring is 1. The molecule has 0 fully saturated rings. The van der Waals surface area contributed by atoms with Crippen LogP contribution in [0.2, 0.25) is 0 Å². The number of thiazole rings is 1. The van der Waals surface area contributed by atoms with E-state index in [4.69, 9.17) is 5.73 Å². The van der Waals surface area contributed by atoms with Gasteiger partial charge in [0.2, 0.25) is 0 Å². The minimum Gasteiger partial charge on any atom is -0.375 e. The number of halogens is 2. The van der Waals surface area contributed by atoms with Crippen molar-refractivity contribution in [2.24, 2.45) is 0 Å². The minimum absolute atomic E-state index is 0.0293. The molecule has 0 bridgehead atoms. The second-order valence-corrected chi connectivity index (χ2v) is 4.80. The summed E-state index contributed by atoms with van der Waals surface area (Å²) >= 11 is 1.19. The molecule has 0 aliphatic carbocycles. The van der Waals surface area contributed by atoms with Crippen LogP contribution >= 0.6 is 11.3 Å². The summed E-state index contributed by atoms with van der Waals surface area (Å²) < 4.78 is 26.7.